The molecule has 2 aromatic carbocycles. The number of nitrogens with two attached hydrogens (primary N) is 1. The van der Waals surface area contributed by atoms with Crippen LogP contribution in [0.3, 0.4) is 0 Å². The summed E-state index contributed by atoms with van der Waals surface area (Å²) in [7, 11) is 1.65. The number of anilines is 1. The highest BCUT2D eigenvalue weighted by Gasteiger charge is 2.09. The molecule has 0 aliphatic rings. The maximum absolute atomic E-state index is 6.09. The Kier molecular flexibility index (Phi) is 3.66. The molecule has 21 heavy (non-hydrogen) atoms. The van der Waals surface area contributed by atoms with Crippen molar-refractivity contribution < 1.29 is 4.74 Å². The molecule has 1 aromatic heterocycles. The molecule has 4 nitrogen and oxygen atoms in total. The standard InChI is InChI=1S/C16H14BrN3O/c1-21-14-8-6-13(7-9-14)20-10-15(18)16(19-20)11-2-4-12(17)5-3-11/h2-10H,18H2,1H3. The summed E-state index contributed by atoms with van der Waals surface area (Å²) < 4.78 is 7.95. The number of nitrogens with zero attached hydrogens (tertiary/aromatic N) is 2. The van der Waals surface area contributed by atoms with Gasteiger partial charge in [-0.05, 0) is 36.4 Å². The number of hydrogen-bond donors (Lipinski definition) is 1. The summed E-state index contributed by atoms with van der Waals surface area (Å²) in [4.78, 5) is 0. The minimum absolute atomic E-state index is 0.646. The van der Waals surface area contributed by atoms with Crippen LogP contribution in [0.1, 0.15) is 0 Å². The van der Waals surface area contributed by atoms with Crippen LogP contribution in [-0.4, -0.2) is 16.9 Å². The molecule has 5 heteroatoms. The Morgan fingerprint density at radius 2 is 1.71 bits per heavy atom. The zero-order valence-electron chi connectivity index (χ0n) is 11.5. The smallest absolute Gasteiger partial charge is 0.119 e. The summed E-state index contributed by atoms with van der Waals surface area (Å²) in [5, 5.41) is 4.57. The molecule has 2 N–H and O–H groups in total. The van der Waals surface area contributed by atoms with Crippen LogP contribution in [0.15, 0.2) is 59.2 Å². The lowest BCUT2D eigenvalue weighted by Gasteiger charge is -2.03. The van der Waals surface area contributed by atoms with Crippen molar-refractivity contribution in [2.45, 2.75) is 0 Å². The zero-order valence-corrected chi connectivity index (χ0v) is 13.0. The highest BCUT2D eigenvalue weighted by Crippen LogP contribution is 2.27. The van der Waals surface area contributed by atoms with Crippen molar-refractivity contribution in [1.29, 1.82) is 0 Å². The normalized spacial score (nSPS) is 10.6. The van der Waals surface area contributed by atoms with E-state index in [9.17, 15) is 0 Å². The first kappa shape index (κ1) is 13.7. The van der Waals surface area contributed by atoms with E-state index >= 15 is 0 Å². The molecule has 3 rings (SSSR count). The summed E-state index contributed by atoms with van der Waals surface area (Å²) in [6, 6.07) is 15.6. The van der Waals surface area contributed by atoms with Gasteiger partial charge in [0.05, 0.1) is 24.7 Å². The molecule has 0 saturated heterocycles. The van der Waals surface area contributed by atoms with E-state index in [-0.39, 0.29) is 0 Å². The summed E-state index contributed by atoms with van der Waals surface area (Å²) in [5.41, 5.74) is 9.43. The van der Waals surface area contributed by atoms with E-state index in [0.29, 0.717) is 5.69 Å². The van der Waals surface area contributed by atoms with E-state index in [0.717, 1.165) is 27.2 Å². The van der Waals surface area contributed by atoms with Crippen LogP contribution in [-0.2, 0) is 0 Å². The fourth-order valence-corrected chi connectivity index (χ4v) is 2.35. The largest absolute Gasteiger partial charge is 0.497 e. The second kappa shape index (κ2) is 5.61. The molecule has 0 spiro atoms. The van der Waals surface area contributed by atoms with Crippen molar-refractivity contribution in [2.75, 3.05) is 12.8 Å². The number of rotatable bonds is 3. The van der Waals surface area contributed by atoms with Crippen LogP contribution < -0.4 is 10.5 Å². The van der Waals surface area contributed by atoms with Gasteiger partial charge >= 0.3 is 0 Å². The van der Waals surface area contributed by atoms with Crippen LogP contribution in [0.4, 0.5) is 5.69 Å². The third-order valence-electron chi connectivity index (χ3n) is 3.20. The Morgan fingerprint density at radius 3 is 2.33 bits per heavy atom. The van der Waals surface area contributed by atoms with Gasteiger partial charge in [0.25, 0.3) is 0 Å². The average molecular weight is 344 g/mol. The van der Waals surface area contributed by atoms with Crippen LogP contribution in [0.2, 0.25) is 0 Å². The van der Waals surface area contributed by atoms with Crippen LogP contribution in [0.25, 0.3) is 16.9 Å². The first-order valence-electron chi connectivity index (χ1n) is 6.43. The van der Waals surface area contributed by atoms with Gasteiger partial charge in [-0.15, -0.1) is 0 Å². The Hall–Kier alpha value is -2.27. The molecule has 0 bridgehead atoms. The van der Waals surface area contributed by atoms with Crippen LogP contribution in [0, 0.1) is 0 Å². The summed E-state index contributed by atoms with van der Waals surface area (Å²) >= 11 is 3.42. The SMILES string of the molecule is COc1ccc(-n2cc(N)c(-c3ccc(Br)cc3)n2)cc1. The molecular weight excluding hydrogens is 330 g/mol. The van der Waals surface area contributed by atoms with E-state index in [1.807, 2.05) is 54.7 Å². The third kappa shape index (κ3) is 2.78. The summed E-state index contributed by atoms with van der Waals surface area (Å²) in [6.07, 6.45) is 1.82. The highest BCUT2D eigenvalue weighted by molar-refractivity contribution is 9.10. The maximum atomic E-state index is 6.09. The van der Waals surface area contributed by atoms with Gasteiger partial charge < -0.3 is 10.5 Å². The summed E-state index contributed by atoms with van der Waals surface area (Å²) in [6.45, 7) is 0. The highest BCUT2D eigenvalue weighted by atomic mass is 79.9. The van der Waals surface area contributed by atoms with Crippen molar-refractivity contribution in [2.24, 2.45) is 0 Å². The lowest BCUT2D eigenvalue weighted by atomic mass is 10.1. The monoisotopic (exact) mass is 343 g/mol. The van der Waals surface area contributed by atoms with E-state index < -0.39 is 0 Å². The molecule has 0 fully saturated rings. The fraction of sp³-hybridized carbons (Fsp3) is 0.0625. The zero-order chi connectivity index (χ0) is 14.8. The summed E-state index contributed by atoms with van der Waals surface area (Å²) in [5.74, 6) is 0.812. The molecule has 0 unspecified atom stereocenters. The van der Waals surface area contributed by atoms with E-state index in [1.165, 1.54) is 0 Å². The second-order valence-electron chi connectivity index (χ2n) is 4.58. The Balaban J connectivity index is 1.98. The molecule has 0 saturated carbocycles. The lowest BCUT2D eigenvalue weighted by Crippen LogP contribution is -1.95. The number of nitrogen functional groups attached to an aromatic ring is 1. The second-order valence-corrected chi connectivity index (χ2v) is 5.50. The first-order valence-corrected chi connectivity index (χ1v) is 7.22. The Labute approximate surface area is 131 Å². The van der Waals surface area contributed by atoms with Crippen LogP contribution in [0.5, 0.6) is 5.75 Å². The average Bonchev–Trinajstić information content (AvgIpc) is 2.90. The molecule has 0 aliphatic heterocycles. The van der Waals surface area contributed by atoms with Gasteiger partial charge in [-0.2, -0.15) is 5.10 Å². The van der Waals surface area contributed by atoms with Crippen molar-refractivity contribution in [1.82, 2.24) is 9.78 Å². The first-order chi connectivity index (χ1) is 10.2. The van der Waals surface area contributed by atoms with E-state index in [2.05, 4.69) is 21.0 Å². The van der Waals surface area contributed by atoms with Gasteiger partial charge in [-0.3, -0.25) is 0 Å². The molecule has 0 radical (unpaired) electrons. The van der Waals surface area contributed by atoms with Crippen LogP contribution >= 0.6 is 15.9 Å². The number of aromatic nitrogens is 2. The van der Waals surface area contributed by atoms with Crippen molar-refractivity contribution >= 4 is 21.6 Å². The molecule has 0 aliphatic carbocycles. The maximum Gasteiger partial charge on any atom is 0.119 e. The minimum Gasteiger partial charge on any atom is -0.497 e. The van der Waals surface area contributed by atoms with Gasteiger partial charge in [0.2, 0.25) is 0 Å². The van der Waals surface area contributed by atoms with Gasteiger partial charge in [0, 0.05) is 10.0 Å². The van der Waals surface area contributed by atoms with Gasteiger partial charge in [0.15, 0.2) is 0 Å². The molecular formula is C16H14BrN3O. The molecule has 1 heterocycles. The predicted molar refractivity (Wildman–Crippen MR) is 87.7 cm³/mol. The van der Waals surface area contributed by atoms with Gasteiger partial charge in [-0.25, -0.2) is 4.68 Å². The number of halogens is 1. The molecule has 0 amide bonds. The van der Waals surface area contributed by atoms with Crippen molar-refractivity contribution in [3.05, 3.63) is 59.2 Å². The van der Waals surface area contributed by atoms with Gasteiger partial charge in [-0.1, -0.05) is 28.1 Å². The quantitative estimate of drug-likeness (QED) is 0.784. The molecule has 106 valence electrons. The fourth-order valence-electron chi connectivity index (χ4n) is 2.09. The number of hydrogen-bond acceptors (Lipinski definition) is 3. The molecule has 0 atom stereocenters. The number of benzene rings is 2. The van der Waals surface area contributed by atoms with Gasteiger partial charge in [0.1, 0.15) is 11.4 Å². The van der Waals surface area contributed by atoms with Crippen molar-refractivity contribution in [3.8, 4) is 22.7 Å². The van der Waals surface area contributed by atoms with E-state index in [1.54, 1.807) is 11.8 Å². The van der Waals surface area contributed by atoms with Crippen molar-refractivity contribution in [3.63, 3.8) is 0 Å². The number of methoxy groups -OCH3 is 1. The third-order valence-corrected chi connectivity index (χ3v) is 3.73. The number of ether oxygens (including phenoxy) is 1. The Bertz CT molecular complexity index is 748. The topological polar surface area (TPSA) is 53.1 Å². The van der Waals surface area contributed by atoms with E-state index in [4.69, 9.17) is 10.5 Å². The predicted octanol–water partition coefficient (Wildman–Crippen LogP) is 3.89. The Morgan fingerprint density at radius 1 is 1.05 bits per heavy atom. The molecule has 3 aromatic rings. The minimum atomic E-state index is 0.646. The lowest BCUT2D eigenvalue weighted by molar-refractivity contribution is 0.414.